The highest BCUT2D eigenvalue weighted by Gasteiger charge is 2.08. The van der Waals surface area contributed by atoms with E-state index >= 15 is 0 Å². The number of nitrogens with one attached hydrogen (secondary N) is 1. The van der Waals surface area contributed by atoms with Gasteiger partial charge in [0.2, 0.25) is 0 Å². The third kappa shape index (κ3) is 3.00. The quantitative estimate of drug-likeness (QED) is 0.706. The highest BCUT2D eigenvalue weighted by atomic mass is 32.1. The molecule has 0 atom stereocenters. The summed E-state index contributed by atoms with van der Waals surface area (Å²) < 4.78 is 1.99. The molecule has 3 aromatic rings. The first-order valence-corrected chi connectivity index (χ1v) is 7.04. The zero-order chi connectivity index (χ0) is 14.7. The lowest BCUT2D eigenvalue weighted by atomic mass is 10.1. The number of thiocarbonyl (C=S) groups is 1. The molecule has 2 heterocycles. The van der Waals surface area contributed by atoms with E-state index < -0.39 is 0 Å². The van der Waals surface area contributed by atoms with Crippen molar-refractivity contribution >= 4 is 33.9 Å². The standard InChI is InChI=1S/C15H15N5S/c16-14(21)12-9-11-3-1-2-4-13(11)19-15(12)18-6-8-20-7-5-17-10-20/h1-5,7,9-10H,6,8H2,(H2,16,21)(H,18,19). The average molecular weight is 297 g/mol. The van der Waals surface area contributed by atoms with Gasteiger partial charge in [-0.05, 0) is 12.1 Å². The Labute approximate surface area is 127 Å². The maximum atomic E-state index is 5.81. The second kappa shape index (κ2) is 5.88. The van der Waals surface area contributed by atoms with E-state index in [1.54, 1.807) is 12.5 Å². The van der Waals surface area contributed by atoms with Crippen LogP contribution in [0.5, 0.6) is 0 Å². The number of pyridine rings is 1. The number of nitrogens with two attached hydrogens (primary N) is 1. The number of benzene rings is 1. The molecule has 0 spiro atoms. The summed E-state index contributed by atoms with van der Waals surface area (Å²) in [6.45, 7) is 1.52. The Balaban J connectivity index is 1.85. The minimum atomic E-state index is 0.346. The second-order valence-corrected chi connectivity index (χ2v) is 5.11. The fourth-order valence-electron chi connectivity index (χ4n) is 2.16. The van der Waals surface area contributed by atoms with Crippen LogP contribution in [0.15, 0.2) is 49.1 Å². The largest absolute Gasteiger partial charge is 0.389 e. The van der Waals surface area contributed by atoms with Gasteiger partial charge in [0.1, 0.15) is 10.8 Å². The normalized spacial score (nSPS) is 10.7. The van der Waals surface area contributed by atoms with Crippen molar-refractivity contribution in [2.75, 3.05) is 11.9 Å². The van der Waals surface area contributed by atoms with Gasteiger partial charge in [-0.15, -0.1) is 0 Å². The summed E-state index contributed by atoms with van der Waals surface area (Å²) in [6, 6.07) is 9.88. The third-order valence-corrected chi connectivity index (χ3v) is 3.43. The zero-order valence-electron chi connectivity index (χ0n) is 11.4. The highest BCUT2D eigenvalue weighted by molar-refractivity contribution is 7.80. The maximum Gasteiger partial charge on any atom is 0.137 e. The van der Waals surface area contributed by atoms with Gasteiger partial charge in [-0.25, -0.2) is 9.97 Å². The lowest BCUT2D eigenvalue weighted by molar-refractivity contribution is 0.725. The molecule has 0 aliphatic heterocycles. The molecule has 0 saturated heterocycles. The molecule has 0 bridgehead atoms. The van der Waals surface area contributed by atoms with E-state index in [0.29, 0.717) is 4.99 Å². The SMILES string of the molecule is NC(=S)c1cc2ccccc2nc1NCCn1ccnc1. The van der Waals surface area contributed by atoms with Crippen molar-refractivity contribution in [2.45, 2.75) is 6.54 Å². The molecule has 0 fully saturated rings. The van der Waals surface area contributed by atoms with Crippen LogP contribution >= 0.6 is 12.2 Å². The molecule has 106 valence electrons. The summed E-state index contributed by atoms with van der Waals surface area (Å²) >= 11 is 5.13. The van der Waals surface area contributed by atoms with Gasteiger partial charge in [0, 0.05) is 30.9 Å². The molecular weight excluding hydrogens is 282 g/mol. The number of fused-ring (bicyclic) bond motifs is 1. The molecule has 21 heavy (non-hydrogen) atoms. The third-order valence-electron chi connectivity index (χ3n) is 3.21. The van der Waals surface area contributed by atoms with Crippen LogP contribution in [0, 0.1) is 0 Å². The number of rotatable bonds is 5. The van der Waals surface area contributed by atoms with Gasteiger partial charge in [0.05, 0.1) is 17.4 Å². The van der Waals surface area contributed by atoms with Crippen molar-refractivity contribution in [3.8, 4) is 0 Å². The Morgan fingerprint density at radius 3 is 2.95 bits per heavy atom. The molecule has 3 rings (SSSR count). The van der Waals surface area contributed by atoms with Crippen molar-refractivity contribution in [1.82, 2.24) is 14.5 Å². The fourth-order valence-corrected chi connectivity index (χ4v) is 2.32. The molecule has 0 amide bonds. The second-order valence-electron chi connectivity index (χ2n) is 4.67. The van der Waals surface area contributed by atoms with Gasteiger partial charge < -0.3 is 15.6 Å². The van der Waals surface area contributed by atoms with Crippen molar-refractivity contribution in [2.24, 2.45) is 5.73 Å². The van der Waals surface area contributed by atoms with Crippen LogP contribution in [0.4, 0.5) is 5.82 Å². The number of imidazole rings is 1. The molecular formula is C15H15N5S. The Morgan fingerprint density at radius 1 is 1.33 bits per heavy atom. The molecule has 0 aliphatic carbocycles. The van der Waals surface area contributed by atoms with Gasteiger partial charge in [-0.2, -0.15) is 0 Å². The van der Waals surface area contributed by atoms with Gasteiger partial charge >= 0.3 is 0 Å². The molecule has 1 aromatic carbocycles. The number of hydrogen-bond donors (Lipinski definition) is 2. The Morgan fingerprint density at radius 2 is 2.19 bits per heavy atom. The first-order chi connectivity index (χ1) is 10.2. The number of para-hydroxylation sites is 1. The number of nitrogens with zero attached hydrogens (tertiary/aromatic N) is 3. The first kappa shape index (κ1) is 13.5. The van der Waals surface area contributed by atoms with E-state index in [4.69, 9.17) is 18.0 Å². The number of anilines is 1. The maximum absolute atomic E-state index is 5.81. The smallest absolute Gasteiger partial charge is 0.137 e. The average Bonchev–Trinajstić information content (AvgIpc) is 2.99. The Bertz CT molecular complexity index is 767. The van der Waals surface area contributed by atoms with Crippen molar-refractivity contribution < 1.29 is 0 Å². The predicted molar refractivity (Wildman–Crippen MR) is 88.3 cm³/mol. The summed E-state index contributed by atoms with van der Waals surface area (Å²) in [7, 11) is 0. The molecule has 3 N–H and O–H groups in total. The van der Waals surface area contributed by atoms with Gasteiger partial charge in [0.25, 0.3) is 0 Å². The van der Waals surface area contributed by atoms with Crippen LogP contribution in [0.25, 0.3) is 10.9 Å². The molecule has 6 heteroatoms. The van der Waals surface area contributed by atoms with Gasteiger partial charge in [0.15, 0.2) is 0 Å². The lowest BCUT2D eigenvalue weighted by Crippen LogP contribution is -2.17. The van der Waals surface area contributed by atoms with Crippen LogP contribution in [0.3, 0.4) is 0 Å². The van der Waals surface area contributed by atoms with Crippen molar-refractivity contribution in [1.29, 1.82) is 0 Å². The van der Waals surface area contributed by atoms with Crippen LogP contribution in [0.1, 0.15) is 5.56 Å². The van der Waals surface area contributed by atoms with E-state index in [0.717, 1.165) is 35.4 Å². The monoisotopic (exact) mass is 297 g/mol. The predicted octanol–water partition coefficient (Wildman–Crippen LogP) is 2.18. The summed E-state index contributed by atoms with van der Waals surface area (Å²) in [5, 5.41) is 4.33. The molecule has 0 unspecified atom stereocenters. The van der Waals surface area contributed by atoms with Crippen LogP contribution in [0.2, 0.25) is 0 Å². The molecule has 0 radical (unpaired) electrons. The highest BCUT2D eigenvalue weighted by Crippen LogP contribution is 2.20. The molecule has 0 aliphatic rings. The van der Waals surface area contributed by atoms with Gasteiger partial charge in [-0.3, -0.25) is 0 Å². The van der Waals surface area contributed by atoms with Crippen LogP contribution in [-0.4, -0.2) is 26.1 Å². The minimum absolute atomic E-state index is 0.346. The van der Waals surface area contributed by atoms with Crippen LogP contribution in [-0.2, 0) is 6.54 Å². The number of hydrogen-bond acceptors (Lipinski definition) is 4. The van der Waals surface area contributed by atoms with E-state index in [-0.39, 0.29) is 0 Å². The Kier molecular flexibility index (Phi) is 3.79. The number of aromatic nitrogens is 3. The van der Waals surface area contributed by atoms with Crippen molar-refractivity contribution in [3.05, 3.63) is 54.6 Å². The zero-order valence-corrected chi connectivity index (χ0v) is 12.2. The summed E-state index contributed by atoms with van der Waals surface area (Å²) in [6.07, 6.45) is 5.46. The molecule has 5 nitrogen and oxygen atoms in total. The summed E-state index contributed by atoms with van der Waals surface area (Å²) in [4.78, 5) is 8.97. The summed E-state index contributed by atoms with van der Waals surface area (Å²) in [5.41, 5.74) is 7.50. The minimum Gasteiger partial charge on any atom is -0.389 e. The van der Waals surface area contributed by atoms with Crippen LogP contribution < -0.4 is 11.1 Å². The molecule has 2 aromatic heterocycles. The van der Waals surface area contributed by atoms with E-state index in [2.05, 4.69) is 15.3 Å². The topological polar surface area (TPSA) is 68.8 Å². The van der Waals surface area contributed by atoms with Crippen molar-refractivity contribution in [3.63, 3.8) is 0 Å². The lowest BCUT2D eigenvalue weighted by Gasteiger charge is -2.12. The van der Waals surface area contributed by atoms with Gasteiger partial charge in [-0.1, -0.05) is 30.4 Å². The van der Waals surface area contributed by atoms with E-state index in [9.17, 15) is 0 Å². The molecule has 0 saturated carbocycles. The van der Waals surface area contributed by atoms with E-state index in [1.807, 2.05) is 41.1 Å². The first-order valence-electron chi connectivity index (χ1n) is 6.63. The van der Waals surface area contributed by atoms with E-state index in [1.165, 1.54) is 0 Å². The summed E-state index contributed by atoms with van der Waals surface area (Å²) in [5.74, 6) is 0.723. The fraction of sp³-hybridized carbons (Fsp3) is 0.133. The Hall–Kier alpha value is -2.47.